The SMILES string of the molecule is O=C1CCC(c2nc(-c3cccc(F)c3)no2)N1Cc1ccc(Cl)cc1. The number of aromatic nitrogens is 2. The Labute approximate surface area is 154 Å². The third-order valence-electron chi connectivity index (χ3n) is 4.40. The van der Waals surface area contributed by atoms with E-state index in [0.29, 0.717) is 41.7 Å². The number of nitrogens with zero attached hydrogens (tertiary/aromatic N) is 3. The maximum Gasteiger partial charge on any atom is 0.249 e. The molecule has 0 aliphatic carbocycles. The van der Waals surface area contributed by atoms with Crippen molar-refractivity contribution in [1.29, 1.82) is 0 Å². The minimum Gasteiger partial charge on any atom is -0.337 e. The molecule has 1 amide bonds. The van der Waals surface area contributed by atoms with Gasteiger partial charge in [-0.25, -0.2) is 4.39 Å². The summed E-state index contributed by atoms with van der Waals surface area (Å²) < 4.78 is 18.8. The molecule has 0 N–H and O–H groups in total. The minimum absolute atomic E-state index is 0.0375. The molecule has 1 saturated heterocycles. The molecule has 1 aliphatic heterocycles. The van der Waals surface area contributed by atoms with E-state index in [1.54, 1.807) is 29.2 Å². The molecule has 3 aromatic rings. The zero-order valence-electron chi connectivity index (χ0n) is 13.7. The number of benzene rings is 2. The number of likely N-dealkylation sites (tertiary alicyclic amines) is 1. The molecule has 1 fully saturated rings. The molecule has 1 atom stereocenters. The normalized spacial score (nSPS) is 17.1. The Kier molecular flexibility index (Phi) is 4.42. The van der Waals surface area contributed by atoms with Crippen LogP contribution in [0.2, 0.25) is 5.02 Å². The van der Waals surface area contributed by atoms with E-state index < -0.39 is 0 Å². The second kappa shape index (κ2) is 6.88. The van der Waals surface area contributed by atoms with Crippen molar-refractivity contribution in [2.45, 2.75) is 25.4 Å². The molecule has 0 bridgehead atoms. The summed E-state index contributed by atoms with van der Waals surface area (Å²) in [6, 6.07) is 13.1. The highest BCUT2D eigenvalue weighted by Crippen LogP contribution is 2.34. The summed E-state index contributed by atoms with van der Waals surface area (Å²) in [7, 11) is 0. The first kappa shape index (κ1) is 16.7. The Balaban J connectivity index is 1.58. The molecule has 1 aliphatic rings. The van der Waals surface area contributed by atoms with Crippen LogP contribution in [0.1, 0.15) is 30.3 Å². The van der Waals surface area contributed by atoms with Crippen LogP contribution < -0.4 is 0 Å². The van der Waals surface area contributed by atoms with E-state index in [1.807, 2.05) is 12.1 Å². The van der Waals surface area contributed by atoms with Crippen molar-refractivity contribution in [3.63, 3.8) is 0 Å². The molecule has 0 spiro atoms. The molecular formula is C19H15ClFN3O2. The molecule has 2 aromatic carbocycles. The standard InChI is InChI=1S/C19H15ClFN3O2/c20-14-6-4-12(5-7-14)11-24-16(8-9-17(24)25)19-22-18(23-26-19)13-2-1-3-15(21)10-13/h1-7,10,16H,8-9,11H2. The Hall–Kier alpha value is -2.73. The van der Waals surface area contributed by atoms with E-state index in [2.05, 4.69) is 10.1 Å². The lowest BCUT2D eigenvalue weighted by molar-refractivity contribution is -0.129. The van der Waals surface area contributed by atoms with Gasteiger partial charge in [0.2, 0.25) is 17.6 Å². The third-order valence-corrected chi connectivity index (χ3v) is 4.66. The topological polar surface area (TPSA) is 59.2 Å². The van der Waals surface area contributed by atoms with Gasteiger partial charge in [-0.2, -0.15) is 4.98 Å². The quantitative estimate of drug-likeness (QED) is 0.682. The molecule has 2 heterocycles. The predicted octanol–water partition coefficient (Wildman–Crippen LogP) is 4.39. The summed E-state index contributed by atoms with van der Waals surface area (Å²) >= 11 is 5.91. The molecule has 1 aromatic heterocycles. The van der Waals surface area contributed by atoms with Crippen LogP contribution in [0, 0.1) is 5.82 Å². The molecule has 0 saturated carbocycles. The van der Waals surface area contributed by atoms with Gasteiger partial charge in [-0.05, 0) is 36.2 Å². The van der Waals surface area contributed by atoms with E-state index in [9.17, 15) is 9.18 Å². The largest absolute Gasteiger partial charge is 0.337 e. The number of hydrogen-bond acceptors (Lipinski definition) is 4. The maximum absolute atomic E-state index is 13.4. The lowest BCUT2D eigenvalue weighted by Crippen LogP contribution is -2.27. The minimum atomic E-state index is -0.366. The molecule has 4 rings (SSSR count). The van der Waals surface area contributed by atoms with Gasteiger partial charge in [0.05, 0.1) is 0 Å². The Bertz CT molecular complexity index is 942. The van der Waals surface area contributed by atoms with Crippen LogP contribution >= 0.6 is 11.6 Å². The van der Waals surface area contributed by atoms with Crippen molar-refractivity contribution in [1.82, 2.24) is 15.0 Å². The molecule has 7 heteroatoms. The maximum atomic E-state index is 13.4. The van der Waals surface area contributed by atoms with Gasteiger partial charge < -0.3 is 9.42 Å². The summed E-state index contributed by atoms with van der Waals surface area (Å²) in [6.45, 7) is 0.443. The van der Waals surface area contributed by atoms with Gasteiger partial charge in [-0.1, -0.05) is 41.0 Å². The van der Waals surface area contributed by atoms with Gasteiger partial charge >= 0.3 is 0 Å². The summed E-state index contributed by atoms with van der Waals surface area (Å²) in [4.78, 5) is 18.4. The first-order valence-corrected chi connectivity index (χ1v) is 8.61. The van der Waals surface area contributed by atoms with E-state index in [-0.39, 0.29) is 17.8 Å². The van der Waals surface area contributed by atoms with Gasteiger partial charge in [0.15, 0.2) is 0 Å². The summed E-state index contributed by atoms with van der Waals surface area (Å²) in [5.74, 6) is 0.346. The molecule has 1 unspecified atom stereocenters. The third kappa shape index (κ3) is 3.32. The van der Waals surface area contributed by atoms with Crippen LogP contribution in [-0.2, 0) is 11.3 Å². The van der Waals surface area contributed by atoms with Gasteiger partial charge in [0.1, 0.15) is 11.9 Å². The van der Waals surface area contributed by atoms with Crippen molar-refractivity contribution in [2.24, 2.45) is 0 Å². The fourth-order valence-electron chi connectivity index (χ4n) is 3.09. The first-order valence-electron chi connectivity index (χ1n) is 8.23. The highest BCUT2D eigenvalue weighted by Gasteiger charge is 2.36. The van der Waals surface area contributed by atoms with Crippen molar-refractivity contribution < 1.29 is 13.7 Å². The number of hydrogen-bond donors (Lipinski definition) is 0. The van der Waals surface area contributed by atoms with Crippen molar-refractivity contribution in [3.05, 3.63) is 70.8 Å². The van der Waals surface area contributed by atoms with Crippen LogP contribution in [0.5, 0.6) is 0 Å². The summed E-state index contributed by atoms with van der Waals surface area (Å²) in [5.41, 5.74) is 1.51. The molecule has 26 heavy (non-hydrogen) atoms. The number of rotatable bonds is 4. The molecular weight excluding hydrogens is 357 g/mol. The zero-order valence-corrected chi connectivity index (χ0v) is 14.5. The number of amides is 1. The van der Waals surface area contributed by atoms with Crippen molar-refractivity contribution in [3.8, 4) is 11.4 Å². The van der Waals surface area contributed by atoms with Crippen LogP contribution in [0.3, 0.4) is 0 Å². The highest BCUT2D eigenvalue weighted by atomic mass is 35.5. The molecule has 5 nitrogen and oxygen atoms in total. The Morgan fingerprint density at radius 1 is 1.23 bits per heavy atom. The second-order valence-electron chi connectivity index (χ2n) is 6.17. The lowest BCUT2D eigenvalue weighted by atomic mass is 10.1. The monoisotopic (exact) mass is 371 g/mol. The smallest absolute Gasteiger partial charge is 0.249 e. The molecule has 0 radical (unpaired) electrons. The van der Waals surface area contributed by atoms with Gasteiger partial charge in [0.25, 0.3) is 0 Å². The fourth-order valence-corrected chi connectivity index (χ4v) is 3.22. The van der Waals surface area contributed by atoms with Gasteiger partial charge in [-0.3, -0.25) is 4.79 Å². The number of carbonyl (C=O) groups is 1. The highest BCUT2D eigenvalue weighted by molar-refractivity contribution is 6.30. The average molecular weight is 372 g/mol. The summed E-state index contributed by atoms with van der Waals surface area (Å²) in [5, 5.41) is 4.59. The van der Waals surface area contributed by atoms with Gasteiger partial charge in [0, 0.05) is 23.6 Å². The van der Waals surface area contributed by atoms with Crippen molar-refractivity contribution >= 4 is 17.5 Å². The second-order valence-corrected chi connectivity index (χ2v) is 6.61. The van der Waals surface area contributed by atoms with Gasteiger partial charge in [-0.15, -0.1) is 0 Å². The van der Waals surface area contributed by atoms with E-state index in [4.69, 9.17) is 16.1 Å². The first-order chi connectivity index (χ1) is 12.6. The molecule has 132 valence electrons. The van der Waals surface area contributed by atoms with Crippen molar-refractivity contribution in [2.75, 3.05) is 0 Å². The van der Waals surface area contributed by atoms with Crippen LogP contribution in [0.15, 0.2) is 53.1 Å². The zero-order chi connectivity index (χ0) is 18.1. The summed E-state index contributed by atoms with van der Waals surface area (Å²) in [6.07, 6.45) is 1.03. The Morgan fingerprint density at radius 3 is 2.81 bits per heavy atom. The van der Waals surface area contributed by atoms with E-state index in [0.717, 1.165) is 5.56 Å². The van der Waals surface area contributed by atoms with E-state index in [1.165, 1.54) is 12.1 Å². The number of carbonyl (C=O) groups excluding carboxylic acids is 1. The van der Waals surface area contributed by atoms with Crippen LogP contribution in [0.4, 0.5) is 4.39 Å². The fraction of sp³-hybridized carbons (Fsp3) is 0.211. The number of halogens is 2. The lowest BCUT2D eigenvalue weighted by Gasteiger charge is -2.22. The van der Waals surface area contributed by atoms with Crippen LogP contribution in [-0.4, -0.2) is 20.9 Å². The Morgan fingerprint density at radius 2 is 2.04 bits per heavy atom. The average Bonchev–Trinajstić information content (AvgIpc) is 3.25. The van der Waals surface area contributed by atoms with Crippen LogP contribution in [0.25, 0.3) is 11.4 Å². The van der Waals surface area contributed by atoms with E-state index >= 15 is 0 Å². The predicted molar refractivity (Wildman–Crippen MR) is 93.7 cm³/mol.